The summed E-state index contributed by atoms with van der Waals surface area (Å²) in [6.45, 7) is -0.653. The second kappa shape index (κ2) is 9.57. The second-order valence-corrected chi connectivity index (χ2v) is 7.97. The number of sulfonamides is 1. The van der Waals surface area contributed by atoms with E-state index in [9.17, 15) is 17.6 Å². The lowest BCUT2D eigenvalue weighted by Gasteiger charge is -2.26. The van der Waals surface area contributed by atoms with Crippen molar-refractivity contribution in [3.8, 4) is 11.5 Å². The van der Waals surface area contributed by atoms with Gasteiger partial charge in [-0.3, -0.25) is 9.10 Å². The highest BCUT2D eigenvalue weighted by Gasteiger charge is 2.27. The van der Waals surface area contributed by atoms with Crippen LogP contribution in [0.2, 0.25) is 0 Å². The van der Waals surface area contributed by atoms with E-state index in [2.05, 4.69) is 5.32 Å². The molecule has 0 fully saturated rings. The van der Waals surface area contributed by atoms with Crippen molar-refractivity contribution in [3.63, 3.8) is 0 Å². The molecule has 0 radical (unpaired) electrons. The molecule has 0 saturated carbocycles. The van der Waals surface area contributed by atoms with Gasteiger partial charge in [-0.2, -0.15) is 0 Å². The molecular formula is C19H23FN2O6S. The zero-order valence-electron chi connectivity index (χ0n) is 16.3. The van der Waals surface area contributed by atoms with Crippen LogP contribution in [0, 0.1) is 5.82 Å². The number of rotatable bonds is 9. The van der Waals surface area contributed by atoms with E-state index in [1.807, 2.05) is 0 Å². The summed E-state index contributed by atoms with van der Waals surface area (Å²) in [5.41, 5.74) is 0.0936. The van der Waals surface area contributed by atoms with Crippen molar-refractivity contribution in [2.45, 2.75) is 6.54 Å². The van der Waals surface area contributed by atoms with Gasteiger partial charge in [-0.1, -0.05) is 18.2 Å². The van der Waals surface area contributed by atoms with Crippen LogP contribution in [-0.4, -0.2) is 53.1 Å². The fourth-order valence-electron chi connectivity index (χ4n) is 2.68. The molecule has 0 heterocycles. The third kappa shape index (κ3) is 5.36. The smallest absolute Gasteiger partial charge is 0.253 e. The van der Waals surface area contributed by atoms with Gasteiger partial charge < -0.3 is 19.9 Å². The molecular weight excluding hydrogens is 403 g/mol. The van der Waals surface area contributed by atoms with Gasteiger partial charge in [0.25, 0.3) is 5.91 Å². The van der Waals surface area contributed by atoms with Crippen LogP contribution in [0.3, 0.4) is 0 Å². The first kappa shape index (κ1) is 22.4. The van der Waals surface area contributed by atoms with Gasteiger partial charge in [0, 0.05) is 18.2 Å². The summed E-state index contributed by atoms with van der Waals surface area (Å²) in [6.07, 6.45) is 0.958. The van der Waals surface area contributed by atoms with Crippen LogP contribution in [0.4, 0.5) is 10.1 Å². The van der Waals surface area contributed by atoms with Crippen molar-refractivity contribution in [2.75, 3.05) is 37.9 Å². The van der Waals surface area contributed by atoms with Gasteiger partial charge in [0.1, 0.15) is 5.82 Å². The number of nitrogens with one attached hydrogen (secondary N) is 1. The molecule has 2 aromatic carbocycles. The van der Waals surface area contributed by atoms with Gasteiger partial charge in [0.15, 0.2) is 11.5 Å². The molecule has 2 aromatic rings. The van der Waals surface area contributed by atoms with Crippen LogP contribution in [0.5, 0.6) is 11.5 Å². The van der Waals surface area contributed by atoms with Crippen molar-refractivity contribution in [1.29, 1.82) is 0 Å². The lowest BCUT2D eigenvalue weighted by Crippen LogP contribution is -2.33. The number of ether oxygens (including phenoxy) is 2. The zero-order chi connectivity index (χ0) is 21.6. The number of benzene rings is 2. The average Bonchev–Trinajstić information content (AvgIpc) is 2.69. The predicted molar refractivity (Wildman–Crippen MR) is 106 cm³/mol. The molecule has 0 saturated heterocycles. The largest absolute Gasteiger partial charge is 0.493 e. The van der Waals surface area contributed by atoms with E-state index in [1.165, 1.54) is 44.6 Å². The molecule has 8 nitrogen and oxygen atoms in total. The fourth-order valence-corrected chi connectivity index (χ4v) is 3.57. The Morgan fingerprint density at radius 1 is 1.17 bits per heavy atom. The van der Waals surface area contributed by atoms with Crippen LogP contribution in [0.15, 0.2) is 36.4 Å². The highest BCUT2D eigenvalue weighted by Crippen LogP contribution is 2.37. The molecule has 158 valence electrons. The number of carbonyl (C=O) groups excluding carboxylic acids is 1. The van der Waals surface area contributed by atoms with E-state index >= 15 is 0 Å². The van der Waals surface area contributed by atoms with E-state index in [0.29, 0.717) is 0 Å². The molecule has 0 aliphatic carbocycles. The fraction of sp³-hybridized carbons (Fsp3) is 0.316. The van der Waals surface area contributed by atoms with E-state index in [1.54, 1.807) is 6.07 Å². The van der Waals surface area contributed by atoms with Crippen LogP contribution in [0.25, 0.3) is 0 Å². The van der Waals surface area contributed by atoms with Crippen molar-refractivity contribution in [1.82, 2.24) is 5.32 Å². The maximum absolute atomic E-state index is 14.2. The molecule has 0 aliphatic heterocycles. The average molecular weight is 426 g/mol. The number of carbonyl (C=O) groups is 1. The van der Waals surface area contributed by atoms with Crippen LogP contribution < -0.4 is 19.1 Å². The lowest BCUT2D eigenvalue weighted by molar-refractivity contribution is 0.0945. The molecule has 0 atom stereocenters. The standard InChI is InChI=1S/C19H23FN2O6S/c1-27-17-10-14(19(24)21-8-9-23)16(11-18(17)28-2)22(29(3,25)26)12-13-6-4-5-7-15(13)20/h4-7,10-11,23H,8-9,12H2,1-3H3,(H,21,24). The van der Waals surface area contributed by atoms with Crippen molar-refractivity contribution in [3.05, 3.63) is 53.3 Å². The molecule has 2 N–H and O–H groups in total. The first-order valence-electron chi connectivity index (χ1n) is 8.59. The van der Waals surface area contributed by atoms with Crippen molar-refractivity contribution < 1.29 is 32.2 Å². The number of hydrogen-bond acceptors (Lipinski definition) is 6. The number of aliphatic hydroxyl groups is 1. The Bertz CT molecular complexity index is 981. The quantitative estimate of drug-likeness (QED) is 0.630. The van der Waals surface area contributed by atoms with Crippen molar-refractivity contribution >= 4 is 21.6 Å². The summed E-state index contributed by atoms with van der Waals surface area (Å²) in [7, 11) is -1.17. The number of halogens is 1. The van der Waals surface area contributed by atoms with Crippen LogP contribution >= 0.6 is 0 Å². The predicted octanol–water partition coefficient (Wildman–Crippen LogP) is 1.53. The third-order valence-corrected chi connectivity index (χ3v) is 5.21. The van der Waals surface area contributed by atoms with Crippen molar-refractivity contribution in [2.24, 2.45) is 0 Å². The highest BCUT2D eigenvalue weighted by atomic mass is 32.2. The minimum Gasteiger partial charge on any atom is -0.493 e. The molecule has 0 bridgehead atoms. The minimum absolute atomic E-state index is 0.0103. The summed E-state index contributed by atoms with van der Waals surface area (Å²) in [5.74, 6) is -0.793. The SMILES string of the molecule is COc1cc(C(=O)NCCO)c(N(Cc2ccccc2F)S(C)(=O)=O)cc1OC. The maximum atomic E-state index is 14.2. The van der Waals surface area contributed by atoms with Crippen LogP contribution in [0.1, 0.15) is 15.9 Å². The Morgan fingerprint density at radius 2 is 1.79 bits per heavy atom. The minimum atomic E-state index is -3.91. The molecule has 10 heteroatoms. The number of amides is 1. The maximum Gasteiger partial charge on any atom is 0.253 e. The molecule has 1 amide bonds. The Hall–Kier alpha value is -2.85. The normalized spacial score (nSPS) is 11.1. The molecule has 0 unspecified atom stereocenters. The second-order valence-electron chi connectivity index (χ2n) is 6.06. The molecule has 2 rings (SSSR count). The Morgan fingerprint density at radius 3 is 2.34 bits per heavy atom. The lowest BCUT2D eigenvalue weighted by atomic mass is 10.1. The number of aliphatic hydroxyl groups excluding tert-OH is 1. The van der Waals surface area contributed by atoms with Gasteiger partial charge >= 0.3 is 0 Å². The summed E-state index contributed by atoms with van der Waals surface area (Å²) >= 11 is 0. The number of hydrogen-bond donors (Lipinski definition) is 2. The van der Waals surface area contributed by atoms with Gasteiger partial charge in [-0.05, 0) is 12.1 Å². The molecule has 29 heavy (non-hydrogen) atoms. The highest BCUT2D eigenvalue weighted by molar-refractivity contribution is 7.92. The first-order chi connectivity index (χ1) is 13.7. The molecule has 0 aromatic heterocycles. The third-order valence-electron chi connectivity index (χ3n) is 4.08. The van der Waals surface area contributed by atoms with Gasteiger partial charge in [-0.25, -0.2) is 12.8 Å². The Kier molecular flexibility index (Phi) is 7.40. The van der Waals surface area contributed by atoms with E-state index < -0.39 is 21.7 Å². The zero-order valence-corrected chi connectivity index (χ0v) is 17.1. The van der Waals surface area contributed by atoms with Gasteiger partial charge in [-0.15, -0.1) is 0 Å². The van der Waals surface area contributed by atoms with E-state index in [4.69, 9.17) is 14.6 Å². The first-order valence-corrected chi connectivity index (χ1v) is 10.4. The number of nitrogens with zero attached hydrogens (tertiary/aromatic N) is 1. The van der Waals surface area contributed by atoms with E-state index in [0.717, 1.165) is 10.6 Å². The Balaban J connectivity index is 2.67. The summed E-state index contributed by atoms with van der Waals surface area (Å²) in [5, 5.41) is 11.4. The van der Waals surface area contributed by atoms with Crippen LogP contribution in [-0.2, 0) is 16.6 Å². The number of methoxy groups -OCH3 is 2. The monoisotopic (exact) mass is 426 g/mol. The van der Waals surface area contributed by atoms with Gasteiger partial charge in [0.05, 0.1) is 44.9 Å². The summed E-state index contributed by atoms with van der Waals surface area (Å²) in [6, 6.07) is 8.43. The number of anilines is 1. The van der Waals surface area contributed by atoms with Gasteiger partial charge in [0.2, 0.25) is 10.0 Å². The molecule has 0 spiro atoms. The van der Waals surface area contributed by atoms with E-state index in [-0.39, 0.29) is 48.0 Å². The summed E-state index contributed by atoms with van der Waals surface area (Å²) < 4.78 is 50.6. The summed E-state index contributed by atoms with van der Waals surface area (Å²) in [4.78, 5) is 12.6. The topological polar surface area (TPSA) is 105 Å². The Labute approximate surface area is 168 Å². The molecule has 0 aliphatic rings.